The number of hydrogen-bond acceptors (Lipinski definition) is 7. The van der Waals surface area contributed by atoms with Crippen LogP contribution in [0.15, 0.2) is 6.33 Å². The Morgan fingerprint density at radius 1 is 1.36 bits per heavy atom. The van der Waals surface area contributed by atoms with Crippen molar-refractivity contribution < 1.29 is 14.3 Å². The predicted molar refractivity (Wildman–Crippen MR) is 78.4 cm³/mol. The maximum absolute atomic E-state index is 12.0. The molecule has 0 aromatic carbocycles. The minimum atomic E-state index is -0.467. The molecule has 8 heteroatoms. The number of nitrogens with zero attached hydrogens (tertiary/aromatic N) is 5. The van der Waals surface area contributed by atoms with Crippen molar-refractivity contribution in [1.29, 1.82) is 0 Å². The number of morpholine rings is 1. The smallest absolute Gasteiger partial charge is 0.359 e. The first-order valence-corrected chi connectivity index (χ1v) is 7.34. The number of carbonyl (C=O) groups excluding carboxylic acids is 1. The minimum Gasteiger partial charge on any atom is -0.461 e. The highest BCUT2D eigenvalue weighted by Gasteiger charge is 2.21. The standard InChI is InChI=1S/C14H19N5O3/c1-3-22-14(20)12-11-13(16-9-15-12)18(2)10(17-11)8-19-4-6-21-7-5-19/h9H,3-8H2,1-2H3. The number of rotatable bonds is 4. The van der Waals surface area contributed by atoms with Crippen molar-refractivity contribution in [1.82, 2.24) is 24.4 Å². The van der Waals surface area contributed by atoms with E-state index < -0.39 is 5.97 Å². The average molecular weight is 305 g/mol. The van der Waals surface area contributed by atoms with Gasteiger partial charge in [-0.25, -0.2) is 19.7 Å². The van der Waals surface area contributed by atoms with Crippen LogP contribution in [0.3, 0.4) is 0 Å². The maximum Gasteiger partial charge on any atom is 0.359 e. The summed E-state index contributed by atoms with van der Waals surface area (Å²) in [4.78, 5) is 27.1. The van der Waals surface area contributed by atoms with Crippen molar-refractivity contribution in [3.63, 3.8) is 0 Å². The van der Waals surface area contributed by atoms with E-state index in [0.29, 0.717) is 24.3 Å². The summed E-state index contributed by atoms with van der Waals surface area (Å²) in [5.74, 6) is 0.383. The molecule has 8 nitrogen and oxygen atoms in total. The Bertz CT molecular complexity index is 678. The Hall–Kier alpha value is -2.06. The quantitative estimate of drug-likeness (QED) is 0.755. The molecule has 2 aromatic rings. The molecule has 0 saturated carbocycles. The fraction of sp³-hybridized carbons (Fsp3) is 0.571. The first-order chi connectivity index (χ1) is 10.7. The number of carbonyl (C=O) groups is 1. The van der Waals surface area contributed by atoms with Crippen LogP contribution in [0.4, 0.5) is 0 Å². The van der Waals surface area contributed by atoms with E-state index in [-0.39, 0.29) is 5.69 Å². The maximum atomic E-state index is 12.0. The lowest BCUT2D eigenvalue weighted by molar-refractivity contribution is 0.0327. The zero-order valence-corrected chi connectivity index (χ0v) is 12.8. The first kappa shape index (κ1) is 14.9. The minimum absolute atomic E-state index is 0.218. The topological polar surface area (TPSA) is 82.4 Å². The molecule has 0 radical (unpaired) electrons. The van der Waals surface area contributed by atoms with E-state index in [0.717, 1.165) is 32.1 Å². The van der Waals surface area contributed by atoms with Gasteiger partial charge in [-0.3, -0.25) is 4.90 Å². The number of aryl methyl sites for hydroxylation is 1. The summed E-state index contributed by atoms with van der Waals surface area (Å²) >= 11 is 0. The summed E-state index contributed by atoms with van der Waals surface area (Å²) in [6, 6.07) is 0. The third-order valence-electron chi connectivity index (χ3n) is 3.69. The van der Waals surface area contributed by atoms with E-state index in [1.54, 1.807) is 6.92 Å². The van der Waals surface area contributed by atoms with E-state index >= 15 is 0 Å². The van der Waals surface area contributed by atoms with Crippen LogP contribution in [-0.2, 0) is 23.1 Å². The summed E-state index contributed by atoms with van der Waals surface area (Å²) in [7, 11) is 1.90. The van der Waals surface area contributed by atoms with Gasteiger partial charge in [0, 0.05) is 20.1 Å². The van der Waals surface area contributed by atoms with E-state index in [1.165, 1.54) is 6.33 Å². The van der Waals surface area contributed by atoms with Crippen LogP contribution >= 0.6 is 0 Å². The van der Waals surface area contributed by atoms with Crippen LogP contribution in [0.5, 0.6) is 0 Å². The molecule has 3 heterocycles. The van der Waals surface area contributed by atoms with Gasteiger partial charge in [0.25, 0.3) is 0 Å². The summed E-state index contributed by atoms with van der Waals surface area (Å²) in [5.41, 5.74) is 1.35. The molecule has 118 valence electrons. The van der Waals surface area contributed by atoms with Crippen molar-refractivity contribution in [2.75, 3.05) is 32.9 Å². The van der Waals surface area contributed by atoms with Gasteiger partial charge in [-0.05, 0) is 6.92 Å². The van der Waals surface area contributed by atoms with Crippen LogP contribution in [0.2, 0.25) is 0 Å². The molecule has 1 fully saturated rings. The first-order valence-electron chi connectivity index (χ1n) is 7.34. The zero-order valence-electron chi connectivity index (χ0n) is 12.8. The van der Waals surface area contributed by atoms with Gasteiger partial charge in [0.05, 0.1) is 26.4 Å². The van der Waals surface area contributed by atoms with Crippen LogP contribution in [0, 0.1) is 0 Å². The Kier molecular flexibility index (Phi) is 4.30. The lowest BCUT2D eigenvalue weighted by atomic mass is 10.3. The fourth-order valence-corrected chi connectivity index (χ4v) is 2.49. The molecule has 0 spiro atoms. The highest BCUT2D eigenvalue weighted by molar-refractivity contribution is 5.98. The van der Waals surface area contributed by atoms with Gasteiger partial charge in [0.1, 0.15) is 17.7 Å². The number of esters is 1. The third-order valence-corrected chi connectivity index (χ3v) is 3.69. The highest BCUT2D eigenvalue weighted by Crippen LogP contribution is 2.17. The number of imidazole rings is 1. The summed E-state index contributed by atoms with van der Waals surface area (Å²) < 4.78 is 12.3. The molecule has 0 N–H and O–H groups in total. The van der Waals surface area contributed by atoms with Crippen molar-refractivity contribution in [3.8, 4) is 0 Å². The molecular weight excluding hydrogens is 286 g/mol. The van der Waals surface area contributed by atoms with Crippen LogP contribution in [-0.4, -0.2) is 63.3 Å². The largest absolute Gasteiger partial charge is 0.461 e. The lowest BCUT2D eigenvalue weighted by Crippen LogP contribution is -2.36. The fourth-order valence-electron chi connectivity index (χ4n) is 2.49. The van der Waals surface area contributed by atoms with Crippen LogP contribution in [0.1, 0.15) is 23.2 Å². The second kappa shape index (κ2) is 6.37. The van der Waals surface area contributed by atoms with E-state index in [1.807, 2.05) is 11.6 Å². The van der Waals surface area contributed by atoms with E-state index in [2.05, 4.69) is 19.9 Å². The number of aromatic nitrogens is 4. The number of ether oxygens (including phenoxy) is 2. The summed E-state index contributed by atoms with van der Waals surface area (Å²) in [6.45, 7) is 5.98. The number of hydrogen-bond donors (Lipinski definition) is 0. The molecule has 0 aliphatic carbocycles. The summed E-state index contributed by atoms with van der Waals surface area (Å²) in [6.07, 6.45) is 1.37. The van der Waals surface area contributed by atoms with Gasteiger partial charge >= 0.3 is 5.97 Å². The van der Waals surface area contributed by atoms with Gasteiger partial charge in [-0.1, -0.05) is 0 Å². The average Bonchev–Trinajstić information content (AvgIpc) is 2.85. The van der Waals surface area contributed by atoms with E-state index in [4.69, 9.17) is 9.47 Å². The van der Waals surface area contributed by atoms with Crippen molar-refractivity contribution in [2.24, 2.45) is 7.05 Å². The number of fused-ring (bicyclic) bond motifs is 1. The molecule has 0 atom stereocenters. The molecule has 0 amide bonds. The Morgan fingerprint density at radius 2 is 2.14 bits per heavy atom. The van der Waals surface area contributed by atoms with Gasteiger partial charge < -0.3 is 14.0 Å². The van der Waals surface area contributed by atoms with Crippen LogP contribution in [0.25, 0.3) is 11.2 Å². The second-order valence-corrected chi connectivity index (χ2v) is 5.09. The van der Waals surface area contributed by atoms with Gasteiger partial charge in [-0.2, -0.15) is 0 Å². The third kappa shape index (κ3) is 2.79. The van der Waals surface area contributed by atoms with Crippen molar-refractivity contribution in [2.45, 2.75) is 13.5 Å². The normalized spacial score (nSPS) is 16.1. The molecule has 2 aromatic heterocycles. The van der Waals surface area contributed by atoms with Crippen molar-refractivity contribution in [3.05, 3.63) is 17.8 Å². The molecular formula is C14H19N5O3. The Morgan fingerprint density at radius 3 is 2.86 bits per heavy atom. The molecule has 0 unspecified atom stereocenters. The SMILES string of the molecule is CCOC(=O)c1ncnc2c1nc(CN1CCOCC1)n2C. The van der Waals surface area contributed by atoms with Gasteiger partial charge in [0.15, 0.2) is 11.3 Å². The second-order valence-electron chi connectivity index (χ2n) is 5.09. The van der Waals surface area contributed by atoms with Crippen molar-refractivity contribution >= 4 is 17.1 Å². The molecule has 0 bridgehead atoms. The molecule has 3 rings (SSSR count). The van der Waals surface area contributed by atoms with E-state index in [9.17, 15) is 4.79 Å². The Balaban J connectivity index is 1.93. The predicted octanol–water partition coefficient (Wildman–Crippen LogP) is 0.372. The van der Waals surface area contributed by atoms with Gasteiger partial charge in [-0.15, -0.1) is 0 Å². The zero-order chi connectivity index (χ0) is 15.5. The highest BCUT2D eigenvalue weighted by atomic mass is 16.5. The van der Waals surface area contributed by atoms with Gasteiger partial charge in [0.2, 0.25) is 0 Å². The monoisotopic (exact) mass is 305 g/mol. The molecule has 1 aliphatic rings. The molecule has 1 aliphatic heterocycles. The summed E-state index contributed by atoms with van der Waals surface area (Å²) in [5, 5.41) is 0. The molecule has 22 heavy (non-hydrogen) atoms. The van der Waals surface area contributed by atoms with Crippen LogP contribution < -0.4 is 0 Å². The Labute approximate surface area is 128 Å². The lowest BCUT2D eigenvalue weighted by Gasteiger charge is -2.25. The molecule has 1 saturated heterocycles.